The summed E-state index contributed by atoms with van der Waals surface area (Å²) in [6.07, 6.45) is 1.72. The predicted octanol–water partition coefficient (Wildman–Crippen LogP) is 2.53. The third-order valence-corrected chi connectivity index (χ3v) is 2.52. The molecule has 16 heavy (non-hydrogen) atoms. The van der Waals surface area contributed by atoms with Crippen LogP contribution in [0.3, 0.4) is 0 Å². The summed E-state index contributed by atoms with van der Waals surface area (Å²) in [7, 11) is 0. The molecule has 1 N–H and O–H groups in total. The van der Waals surface area contributed by atoms with Crippen molar-refractivity contribution in [1.29, 1.82) is 0 Å². The lowest BCUT2D eigenvalue weighted by atomic mass is 10.3. The largest absolute Gasteiger partial charge is 0.481 e. The van der Waals surface area contributed by atoms with E-state index in [9.17, 15) is 4.79 Å². The molecule has 2 aromatic rings. The summed E-state index contributed by atoms with van der Waals surface area (Å²) in [5.74, 6) is -0.0306. The third kappa shape index (κ3) is 2.00. The van der Waals surface area contributed by atoms with Gasteiger partial charge in [-0.25, -0.2) is 0 Å². The maximum atomic E-state index is 10.6. The van der Waals surface area contributed by atoms with Crippen molar-refractivity contribution in [2.45, 2.75) is 19.9 Å². The van der Waals surface area contributed by atoms with Gasteiger partial charge in [0.05, 0.1) is 18.4 Å². The molecule has 0 fully saturated rings. The molecule has 0 amide bonds. The van der Waals surface area contributed by atoms with Gasteiger partial charge in [-0.05, 0) is 31.2 Å². The SMILES string of the molecule is Cc1ccc(-c2ccco2)n1CCC(=O)O. The van der Waals surface area contributed by atoms with Gasteiger partial charge in [0, 0.05) is 12.2 Å². The van der Waals surface area contributed by atoms with Crippen molar-refractivity contribution in [3.8, 4) is 11.5 Å². The molecular formula is C12H13NO3. The summed E-state index contributed by atoms with van der Waals surface area (Å²) in [5, 5.41) is 8.69. The first-order valence-electron chi connectivity index (χ1n) is 5.10. The number of carbonyl (C=O) groups is 1. The summed E-state index contributed by atoms with van der Waals surface area (Å²) >= 11 is 0. The van der Waals surface area contributed by atoms with Crippen molar-refractivity contribution in [3.05, 3.63) is 36.2 Å². The fourth-order valence-corrected chi connectivity index (χ4v) is 1.71. The van der Waals surface area contributed by atoms with Gasteiger partial charge >= 0.3 is 5.97 Å². The van der Waals surface area contributed by atoms with Crippen LogP contribution in [0, 0.1) is 6.92 Å². The van der Waals surface area contributed by atoms with Crippen LogP contribution in [0.1, 0.15) is 12.1 Å². The number of aromatic nitrogens is 1. The van der Waals surface area contributed by atoms with Crippen molar-refractivity contribution in [1.82, 2.24) is 4.57 Å². The normalized spacial score (nSPS) is 10.6. The molecule has 0 aliphatic carbocycles. The fourth-order valence-electron chi connectivity index (χ4n) is 1.71. The van der Waals surface area contributed by atoms with E-state index in [0.717, 1.165) is 17.1 Å². The highest BCUT2D eigenvalue weighted by molar-refractivity contribution is 5.66. The highest BCUT2D eigenvalue weighted by atomic mass is 16.4. The van der Waals surface area contributed by atoms with Gasteiger partial charge in [-0.2, -0.15) is 0 Å². The Morgan fingerprint density at radius 1 is 1.44 bits per heavy atom. The van der Waals surface area contributed by atoms with Crippen LogP contribution in [0.15, 0.2) is 34.9 Å². The van der Waals surface area contributed by atoms with E-state index in [1.54, 1.807) is 6.26 Å². The molecule has 2 aromatic heterocycles. The lowest BCUT2D eigenvalue weighted by Gasteiger charge is -2.08. The minimum atomic E-state index is -0.793. The summed E-state index contributed by atoms with van der Waals surface area (Å²) < 4.78 is 7.26. The Bertz CT molecular complexity index is 482. The molecule has 0 saturated carbocycles. The molecule has 0 aliphatic heterocycles. The van der Waals surface area contributed by atoms with Crippen LogP contribution >= 0.6 is 0 Å². The van der Waals surface area contributed by atoms with Crippen molar-refractivity contribution in [2.24, 2.45) is 0 Å². The maximum absolute atomic E-state index is 10.6. The van der Waals surface area contributed by atoms with Crippen molar-refractivity contribution < 1.29 is 14.3 Å². The van der Waals surface area contributed by atoms with Gasteiger partial charge in [0.2, 0.25) is 0 Å². The van der Waals surface area contributed by atoms with Crippen molar-refractivity contribution in [2.75, 3.05) is 0 Å². The molecule has 4 heteroatoms. The van der Waals surface area contributed by atoms with E-state index in [1.807, 2.05) is 35.8 Å². The number of hydrogen-bond donors (Lipinski definition) is 1. The van der Waals surface area contributed by atoms with E-state index in [-0.39, 0.29) is 6.42 Å². The molecular weight excluding hydrogens is 206 g/mol. The number of aryl methyl sites for hydroxylation is 1. The highest BCUT2D eigenvalue weighted by Gasteiger charge is 2.10. The predicted molar refractivity (Wildman–Crippen MR) is 59.1 cm³/mol. The van der Waals surface area contributed by atoms with Gasteiger partial charge < -0.3 is 14.1 Å². The number of carboxylic acids is 1. The monoisotopic (exact) mass is 219 g/mol. The Balaban J connectivity index is 2.29. The van der Waals surface area contributed by atoms with Crippen molar-refractivity contribution >= 4 is 5.97 Å². The van der Waals surface area contributed by atoms with Gasteiger partial charge in [0.1, 0.15) is 5.76 Å². The average Bonchev–Trinajstić information content (AvgIpc) is 2.83. The second-order valence-electron chi connectivity index (χ2n) is 3.63. The molecule has 2 rings (SSSR count). The first-order chi connectivity index (χ1) is 7.68. The van der Waals surface area contributed by atoms with Gasteiger partial charge in [0.15, 0.2) is 0 Å². The minimum absolute atomic E-state index is 0.114. The Hall–Kier alpha value is -1.97. The van der Waals surface area contributed by atoms with E-state index in [1.165, 1.54) is 0 Å². The van der Waals surface area contributed by atoms with E-state index in [2.05, 4.69) is 0 Å². The molecule has 0 saturated heterocycles. The number of furan rings is 1. The quantitative estimate of drug-likeness (QED) is 0.859. The Labute approximate surface area is 93.1 Å². The standard InChI is InChI=1S/C12H13NO3/c1-9-4-5-10(11-3-2-8-16-11)13(9)7-6-12(14)15/h2-5,8H,6-7H2,1H3,(H,14,15). The molecule has 0 atom stereocenters. The molecule has 84 valence electrons. The lowest BCUT2D eigenvalue weighted by molar-refractivity contribution is -0.137. The average molecular weight is 219 g/mol. The van der Waals surface area contributed by atoms with Crippen LogP contribution in [-0.4, -0.2) is 15.6 Å². The number of hydrogen-bond acceptors (Lipinski definition) is 2. The number of nitrogens with zero attached hydrogens (tertiary/aromatic N) is 1. The number of rotatable bonds is 4. The van der Waals surface area contributed by atoms with E-state index in [4.69, 9.17) is 9.52 Å². The van der Waals surface area contributed by atoms with Crippen LogP contribution in [0.2, 0.25) is 0 Å². The van der Waals surface area contributed by atoms with Crippen LogP contribution in [-0.2, 0) is 11.3 Å². The third-order valence-electron chi connectivity index (χ3n) is 2.52. The fraction of sp³-hybridized carbons (Fsp3) is 0.250. The van der Waals surface area contributed by atoms with Gasteiger partial charge in [0.25, 0.3) is 0 Å². The van der Waals surface area contributed by atoms with Crippen LogP contribution < -0.4 is 0 Å². The Morgan fingerprint density at radius 3 is 2.88 bits per heavy atom. The van der Waals surface area contributed by atoms with E-state index < -0.39 is 5.97 Å². The smallest absolute Gasteiger partial charge is 0.305 e. The van der Waals surface area contributed by atoms with E-state index in [0.29, 0.717) is 6.54 Å². The molecule has 0 spiro atoms. The molecule has 0 bridgehead atoms. The maximum Gasteiger partial charge on any atom is 0.305 e. The topological polar surface area (TPSA) is 55.4 Å². The zero-order chi connectivity index (χ0) is 11.5. The molecule has 0 aromatic carbocycles. The summed E-state index contributed by atoms with van der Waals surface area (Å²) in [4.78, 5) is 10.6. The summed E-state index contributed by atoms with van der Waals surface area (Å²) in [6.45, 7) is 2.42. The van der Waals surface area contributed by atoms with Gasteiger partial charge in [-0.15, -0.1) is 0 Å². The highest BCUT2D eigenvalue weighted by Crippen LogP contribution is 2.23. The minimum Gasteiger partial charge on any atom is -0.481 e. The Kier molecular flexibility index (Phi) is 2.81. The van der Waals surface area contributed by atoms with Crippen LogP contribution in [0.25, 0.3) is 11.5 Å². The van der Waals surface area contributed by atoms with Crippen LogP contribution in [0.4, 0.5) is 0 Å². The second kappa shape index (κ2) is 4.26. The first-order valence-corrected chi connectivity index (χ1v) is 5.10. The van der Waals surface area contributed by atoms with Crippen LogP contribution in [0.5, 0.6) is 0 Å². The van der Waals surface area contributed by atoms with Gasteiger partial charge in [-0.3, -0.25) is 4.79 Å². The molecule has 0 aliphatic rings. The lowest BCUT2D eigenvalue weighted by Crippen LogP contribution is -2.06. The molecule has 2 heterocycles. The second-order valence-corrected chi connectivity index (χ2v) is 3.63. The molecule has 0 unspecified atom stereocenters. The van der Waals surface area contributed by atoms with Crippen molar-refractivity contribution in [3.63, 3.8) is 0 Å². The first kappa shape index (κ1) is 10.5. The zero-order valence-electron chi connectivity index (χ0n) is 9.01. The zero-order valence-corrected chi connectivity index (χ0v) is 9.01. The van der Waals surface area contributed by atoms with Gasteiger partial charge in [-0.1, -0.05) is 0 Å². The number of aliphatic carboxylic acids is 1. The molecule has 0 radical (unpaired) electrons. The summed E-state index contributed by atoms with van der Waals surface area (Å²) in [5.41, 5.74) is 1.96. The molecule has 4 nitrogen and oxygen atoms in total. The number of carboxylic acid groups (broad SMARTS) is 1. The summed E-state index contributed by atoms with van der Waals surface area (Å²) in [6, 6.07) is 7.58. The van der Waals surface area contributed by atoms with E-state index >= 15 is 0 Å². The Morgan fingerprint density at radius 2 is 2.25 bits per heavy atom.